The Labute approximate surface area is 163 Å². The van der Waals surface area contributed by atoms with Crippen molar-refractivity contribution >= 4 is 5.91 Å². The molecule has 144 valence electrons. The van der Waals surface area contributed by atoms with Gasteiger partial charge in [-0.3, -0.25) is 10.1 Å². The largest absolute Gasteiger partial charge is 0.352 e. The van der Waals surface area contributed by atoms with Crippen LogP contribution in [0.5, 0.6) is 0 Å². The number of amides is 1. The molecule has 1 aliphatic carbocycles. The summed E-state index contributed by atoms with van der Waals surface area (Å²) in [6.07, 6.45) is 4.46. The Bertz CT molecular complexity index is 720. The van der Waals surface area contributed by atoms with Crippen molar-refractivity contribution in [1.82, 2.24) is 10.6 Å². The van der Waals surface area contributed by atoms with Gasteiger partial charge in [-0.15, -0.1) is 0 Å². The monoisotopic (exact) mass is 364 g/mol. The second-order valence-corrected chi connectivity index (χ2v) is 8.01. The Balaban J connectivity index is 1.82. The van der Waals surface area contributed by atoms with Crippen LogP contribution in [0.25, 0.3) is 0 Å². The molecule has 1 saturated carbocycles. The van der Waals surface area contributed by atoms with Crippen LogP contribution in [0.1, 0.15) is 68.8 Å². The van der Waals surface area contributed by atoms with Crippen LogP contribution >= 0.6 is 0 Å². The van der Waals surface area contributed by atoms with Gasteiger partial charge in [0, 0.05) is 12.1 Å². The lowest BCUT2D eigenvalue weighted by atomic mass is 9.92. The molecule has 0 aromatic heterocycles. The first-order valence-electron chi connectivity index (χ1n) is 10.3. The molecule has 0 heterocycles. The summed E-state index contributed by atoms with van der Waals surface area (Å²) >= 11 is 0. The van der Waals surface area contributed by atoms with Crippen LogP contribution in [0.15, 0.2) is 54.6 Å². The molecule has 3 rings (SSSR count). The van der Waals surface area contributed by atoms with Gasteiger partial charge in [-0.25, -0.2) is 0 Å². The average molecular weight is 365 g/mol. The van der Waals surface area contributed by atoms with Gasteiger partial charge in [0.1, 0.15) is 6.04 Å². The number of benzene rings is 2. The van der Waals surface area contributed by atoms with Gasteiger partial charge >= 0.3 is 0 Å². The number of rotatable bonds is 9. The van der Waals surface area contributed by atoms with Crippen molar-refractivity contribution in [3.8, 4) is 0 Å². The number of hydrogen-bond donors (Lipinski definition) is 2. The maximum absolute atomic E-state index is 12.9. The molecule has 3 nitrogen and oxygen atoms in total. The summed E-state index contributed by atoms with van der Waals surface area (Å²) in [5, 5.41) is 6.83. The van der Waals surface area contributed by atoms with Crippen LogP contribution in [0.4, 0.5) is 0 Å². The van der Waals surface area contributed by atoms with Crippen LogP contribution < -0.4 is 10.6 Å². The molecular weight excluding hydrogens is 332 g/mol. The maximum Gasteiger partial charge on any atom is 0.241 e. The number of carbonyl (C=O) groups is 1. The zero-order valence-electron chi connectivity index (χ0n) is 16.7. The molecule has 1 amide bonds. The van der Waals surface area contributed by atoms with E-state index in [0.717, 1.165) is 31.2 Å². The minimum Gasteiger partial charge on any atom is -0.352 e. The van der Waals surface area contributed by atoms with Gasteiger partial charge < -0.3 is 5.32 Å². The molecule has 0 saturated heterocycles. The Morgan fingerprint density at radius 1 is 1.00 bits per heavy atom. The van der Waals surface area contributed by atoms with Crippen LogP contribution in [-0.2, 0) is 11.2 Å². The molecule has 2 atom stereocenters. The van der Waals surface area contributed by atoms with Crippen LogP contribution in [0, 0.1) is 5.92 Å². The van der Waals surface area contributed by atoms with Crippen molar-refractivity contribution in [2.75, 3.05) is 0 Å². The highest BCUT2D eigenvalue weighted by molar-refractivity contribution is 5.83. The Kier molecular flexibility index (Phi) is 6.68. The predicted octanol–water partition coefficient (Wildman–Crippen LogP) is 4.95. The fourth-order valence-corrected chi connectivity index (χ4v) is 3.51. The second-order valence-electron chi connectivity index (χ2n) is 8.01. The predicted molar refractivity (Wildman–Crippen MR) is 111 cm³/mol. The first kappa shape index (κ1) is 19.6. The van der Waals surface area contributed by atoms with Crippen molar-refractivity contribution in [3.63, 3.8) is 0 Å². The fraction of sp³-hybridized carbons (Fsp3) is 0.458. The van der Waals surface area contributed by atoms with E-state index in [1.165, 1.54) is 11.1 Å². The maximum atomic E-state index is 12.9. The molecule has 0 bridgehead atoms. The van der Waals surface area contributed by atoms with Crippen molar-refractivity contribution in [2.45, 2.75) is 64.6 Å². The molecule has 0 spiro atoms. The lowest BCUT2D eigenvalue weighted by Crippen LogP contribution is -2.41. The number of nitrogens with one attached hydrogen (secondary N) is 2. The third-order valence-corrected chi connectivity index (χ3v) is 5.21. The van der Waals surface area contributed by atoms with Gasteiger partial charge in [-0.1, -0.05) is 81.8 Å². The lowest BCUT2D eigenvalue weighted by Gasteiger charge is -2.29. The minimum atomic E-state index is -0.338. The fourth-order valence-electron chi connectivity index (χ4n) is 3.51. The summed E-state index contributed by atoms with van der Waals surface area (Å²) in [6, 6.07) is 19.1. The van der Waals surface area contributed by atoms with Gasteiger partial charge in [0.15, 0.2) is 0 Å². The topological polar surface area (TPSA) is 41.1 Å². The number of carbonyl (C=O) groups excluding carboxylic acids is 1. The van der Waals surface area contributed by atoms with Crippen LogP contribution in [-0.4, -0.2) is 11.9 Å². The van der Waals surface area contributed by atoms with Crippen molar-refractivity contribution in [2.24, 2.45) is 5.92 Å². The van der Waals surface area contributed by atoms with Gasteiger partial charge in [0.2, 0.25) is 5.91 Å². The minimum absolute atomic E-state index is 0.0805. The Hall–Kier alpha value is -2.13. The number of aryl methyl sites for hydroxylation is 1. The van der Waals surface area contributed by atoms with Crippen molar-refractivity contribution in [3.05, 3.63) is 71.3 Å². The zero-order chi connectivity index (χ0) is 19.2. The quantitative estimate of drug-likeness (QED) is 0.661. The van der Waals surface area contributed by atoms with E-state index < -0.39 is 0 Å². The lowest BCUT2D eigenvalue weighted by molar-refractivity contribution is -0.123. The highest BCUT2D eigenvalue weighted by Crippen LogP contribution is 2.28. The second kappa shape index (κ2) is 9.18. The molecule has 1 aliphatic rings. The smallest absolute Gasteiger partial charge is 0.241 e. The van der Waals surface area contributed by atoms with E-state index in [9.17, 15) is 4.79 Å². The van der Waals surface area contributed by atoms with E-state index >= 15 is 0 Å². The molecular formula is C24H32N2O. The van der Waals surface area contributed by atoms with Gasteiger partial charge in [-0.05, 0) is 41.9 Å². The third-order valence-electron chi connectivity index (χ3n) is 5.21. The Morgan fingerprint density at radius 2 is 1.67 bits per heavy atom. The SMILES string of the molecule is CCCc1ccc([C@@H](N[C@H](C(=O)NC2CC2)c2ccccc2)C(C)C)cc1. The molecule has 0 unspecified atom stereocenters. The van der Waals surface area contributed by atoms with Gasteiger partial charge in [0.25, 0.3) is 0 Å². The highest BCUT2D eigenvalue weighted by Gasteiger charge is 2.30. The molecule has 2 aromatic carbocycles. The summed E-state index contributed by atoms with van der Waals surface area (Å²) in [6.45, 7) is 6.62. The van der Waals surface area contributed by atoms with Crippen molar-refractivity contribution in [1.29, 1.82) is 0 Å². The molecule has 0 aliphatic heterocycles. The molecule has 27 heavy (non-hydrogen) atoms. The van der Waals surface area contributed by atoms with E-state index in [2.05, 4.69) is 55.7 Å². The molecule has 2 aromatic rings. The Morgan fingerprint density at radius 3 is 2.22 bits per heavy atom. The normalized spacial score (nSPS) is 16.1. The number of hydrogen-bond acceptors (Lipinski definition) is 2. The molecule has 2 N–H and O–H groups in total. The van der Waals surface area contributed by atoms with Gasteiger partial charge in [-0.2, -0.15) is 0 Å². The van der Waals surface area contributed by atoms with E-state index in [4.69, 9.17) is 0 Å². The average Bonchev–Trinajstić information content (AvgIpc) is 3.48. The first-order valence-corrected chi connectivity index (χ1v) is 10.3. The summed E-state index contributed by atoms with van der Waals surface area (Å²) < 4.78 is 0. The van der Waals surface area contributed by atoms with Crippen LogP contribution in [0.3, 0.4) is 0 Å². The van der Waals surface area contributed by atoms with E-state index in [1.54, 1.807) is 0 Å². The zero-order valence-corrected chi connectivity index (χ0v) is 16.7. The van der Waals surface area contributed by atoms with Gasteiger partial charge in [0.05, 0.1) is 0 Å². The first-order chi connectivity index (χ1) is 13.1. The summed E-state index contributed by atoms with van der Waals surface area (Å²) in [5.74, 6) is 0.457. The molecule has 3 heteroatoms. The van der Waals surface area contributed by atoms with E-state index in [-0.39, 0.29) is 18.0 Å². The molecule has 0 radical (unpaired) electrons. The van der Waals surface area contributed by atoms with Crippen molar-refractivity contribution < 1.29 is 4.79 Å². The van der Waals surface area contributed by atoms with E-state index in [1.807, 2.05) is 30.3 Å². The summed E-state index contributed by atoms with van der Waals surface area (Å²) in [7, 11) is 0. The standard InChI is InChI=1S/C24H32N2O/c1-4-8-18-11-13-20(14-12-18)22(17(2)3)26-23(19-9-6-5-7-10-19)24(27)25-21-15-16-21/h5-7,9-14,17,21-23,26H,4,8,15-16H2,1-3H3,(H,25,27)/t22-,23-/m0/s1. The third kappa shape index (κ3) is 5.43. The van der Waals surface area contributed by atoms with Crippen LogP contribution in [0.2, 0.25) is 0 Å². The molecule has 1 fully saturated rings. The summed E-state index contributed by atoms with van der Waals surface area (Å²) in [5.41, 5.74) is 3.63. The van der Waals surface area contributed by atoms with E-state index in [0.29, 0.717) is 12.0 Å². The summed E-state index contributed by atoms with van der Waals surface area (Å²) in [4.78, 5) is 12.9. The highest BCUT2D eigenvalue weighted by atomic mass is 16.2.